The summed E-state index contributed by atoms with van der Waals surface area (Å²) in [4.78, 5) is 6.17. The molecule has 0 amide bonds. The van der Waals surface area contributed by atoms with Gasteiger partial charge in [-0.05, 0) is 85.8 Å². The quantitative estimate of drug-likeness (QED) is 0.151. The van der Waals surface area contributed by atoms with E-state index in [2.05, 4.69) is 20.8 Å². The molecule has 7 nitrogen and oxygen atoms in total. The first kappa shape index (κ1) is 26.7. The molecule has 0 bridgehead atoms. The number of ether oxygens (including phenoxy) is 2. The zero-order valence-corrected chi connectivity index (χ0v) is 22.4. The maximum Gasteiger partial charge on any atom is 0.573 e. The van der Waals surface area contributed by atoms with E-state index in [9.17, 15) is 22.5 Å². The van der Waals surface area contributed by atoms with Crippen molar-refractivity contribution in [1.29, 1.82) is 0 Å². The standard InChI is InChI=1S/C30H24F3N3O4S/c1-34-22-5-4-7-24(28(22)37)36-23-6-2-3-8-26(23)39-27-14-9-19(17-25(27)36)29(15-16-29)18-35-41(38)21-12-10-20(11-13-21)40-30(31,32)33/h2-14,17,37,41H,1,15-16,18H2. The molecule has 41 heavy (non-hydrogen) atoms. The molecule has 1 N–H and O–H groups in total. The van der Waals surface area contributed by atoms with Crippen LogP contribution in [0, 0.1) is 0 Å². The van der Waals surface area contributed by atoms with Gasteiger partial charge < -0.3 is 14.6 Å². The lowest BCUT2D eigenvalue weighted by Crippen LogP contribution is -2.18. The number of aromatic hydroxyl groups is 1. The molecule has 1 unspecified atom stereocenters. The number of halogens is 3. The van der Waals surface area contributed by atoms with Crippen LogP contribution in [0.25, 0.3) is 0 Å². The molecule has 4 aromatic carbocycles. The number of thiol groups is 1. The normalized spacial score (nSPS) is 15.8. The highest BCUT2D eigenvalue weighted by molar-refractivity contribution is 7.75. The SMILES string of the molecule is C=Nc1cccc(N2c3ccccc3Oc3ccc(C4(C/N=[SH](=O)\c5ccc(OC(F)(F)F)cc5)CC4)cc32)c1O. The monoisotopic (exact) mass is 579 g/mol. The summed E-state index contributed by atoms with van der Waals surface area (Å²) in [5, 5.41) is 11.0. The molecular weight excluding hydrogens is 555 g/mol. The van der Waals surface area contributed by atoms with Gasteiger partial charge in [0.25, 0.3) is 0 Å². The molecule has 1 saturated carbocycles. The van der Waals surface area contributed by atoms with E-state index in [1.807, 2.05) is 47.4 Å². The second-order valence-corrected chi connectivity index (χ2v) is 11.1. The van der Waals surface area contributed by atoms with Crippen LogP contribution in [0.3, 0.4) is 0 Å². The second-order valence-electron chi connectivity index (χ2n) is 9.79. The van der Waals surface area contributed by atoms with Gasteiger partial charge in [0.1, 0.15) is 11.4 Å². The summed E-state index contributed by atoms with van der Waals surface area (Å²) in [6.07, 6.45) is -3.14. The molecule has 1 fully saturated rings. The molecule has 6 rings (SSSR count). The Kier molecular flexibility index (Phi) is 6.61. The molecule has 4 aromatic rings. The summed E-state index contributed by atoms with van der Waals surface area (Å²) in [5.41, 5.74) is 2.96. The van der Waals surface area contributed by atoms with Gasteiger partial charge in [-0.25, -0.2) is 8.57 Å². The fraction of sp³-hybridized carbons (Fsp3) is 0.167. The first-order chi connectivity index (χ1) is 19.7. The van der Waals surface area contributed by atoms with Crippen LogP contribution in [-0.2, 0) is 16.0 Å². The van der Waals surface area contributed by atoms with Gasteiger partial charge in [0.15, 0.2) is 17.2 Å². The summed E-state index contributed by atoms with van der Waals surface area (Å²) < 4.78 is 64.7. The van der Waals surface area contributed by atoms with Crippen molar-refractivity contribution in [2.75, 3.05) is 11.4 Å². The number of aliphatic imine (C=N–C) groups is 1. The highest BCUT2D eigenvalue weighted by Gasteiger charge is 2.45. The van der Waals surface area contributed by atoms with Gasteiger partial charge >= 0.3 is 6.36 Å². The molecule has 2 aliphatic rings. The number of fused-ring (bicyclic) bond motifs is 2. The fourth-order valence-corrected chi connectivity index (χ4v) is 5.88. The Morgan fingerprint density at radius 3 is 2.37 bits per heavy atom. The predicted octanol–water partition coefficient (Wildman–Crippen LogP) is 7.95. The molecule has 0 saturated heterocycles. The molecule has 1 heterocycles. The molecular formula is C30H24F3N3O4S. The number of benzene rings is 4. The van der Waals surface area contributed by atoms with Crippen molar-refractivity contribution in [3.8, 4) is 23.0 Å². The van der Waals surface area contributed by atoms with Crippen molar-refractivity contribution in [2.45, 2.75) is 29.5 Å². The van der Waals surface area contributed by atoms with Crippen LogP contribution >= 0.6 is 0 Å². The van der Waals surface area contributed by atoms with Crippen LogP contribution in [0.2, 0.25) is 0 Å². The van der Waals surface area contributed by atoms with E-state index in [-0.39, 0.29) is 23.5 Å². The van der Waals surface area contributed by atoms with E-state index < -0.39 is 17.0 Å². The summed E-state index contributed by atoms with van der Waals surface area (Å²) in [6.45, 7) is 3.84. The molecule has 0 radical (unpaired) electrons. The highest BCUT2D eigenvalue weighted by Crippen LogP contribution is 2.56. The Morgan fingerprint density at radius 1 is 0.951 bits per heavy atom. The maximum atomic E-state index is 12.9. The zero-order chi connectivity index (χ0) is 28.8. The van der Waals surface area contributed by atoms with E-state index in [0.717, 1.165) is 36.2 Å². The average Bonchev–Trinajstić information content (AvgIpc) is 3.75. The highest BCUT2D eigenvalue weighted by atomic mass is 32.2. The number of alkyl halides is 3. The third-order valence-electron chi connectivity index (χ3n) is 7.19. The third kappa shape index (κ3) is 5.20. The molecule has 210 valence electrons. The van der Waals surface area contributed by atoms with E-state index in [4.69, 9.17) is 4.74 Å². The number of hydrogen-bond donors (Lipinski definition) is 2. The number of phenols is 1. The van der Waals surface area contributed by atoms with E-state index >= 15 is 0 Å². The number of para-hydroxylation sites is 3. The maximum absolute atomic E-state index is 12.9. The number of anilines is 3. The van der Waals surface area contributed by atoms with Crippen LogP contribution in [0.5, 0.6) is 23.0 Å². The topological polar surface area (TPSA) is 83.7 Å². The van der Waals surface area contributed by atoms with Gasteiger partial charge in [-0.2, -0.15) is 0 Å². The van der Waals surface area contributed by atoms with Gasteiger partial charge in [0, 0.05) is 10.3 Å². The van der Waals surface area contributed by atoms with Crippen LogP contribution < -0.4 is 14.4 Å². The van der Waals surface area contributed by atoms with E-state index in [1.165, 1.54) is 12.1 Å². The molecule has 0 spiro atoms. The Hall–Kier alpha value is -4.51. The van der Waals surface area contributed by atoms with Crippen LogP contribution in [-0.4, -0.2) is 28.9 Å². The largest absolute Gasteiger partial charge is 0.573 e. The number of hydrogen-bond acceptors (Lipinski definition) is 7. The van der Waals surface area contributed by atoms with Crippen LogP contribution in [0.1, 0.15) is 18.4 Å². The smallest absolute Gasteiger partial charge is 0.504 e. The number of nitrogens with zero attached hydrogens (tertiary/aromatic N) is 3. The van der Waals surface area contributed by atoms with E-state index in [1.54, 1.807) is 18.2 Å². The predicted molar refractivity (Wildman–Crippen MR) is 151 cm³/mol. The lowest BCUT2D eigenvalue weighted by molar-refractivity contribution is -0.274. The first-order valence-corrected chi connectivity index (χ1v) is 13.9. The van der Waals surface area contributed by atoms with Gasteiger partial charge in [0.2, 0.25) is 0 Å². The minimum Gasteiger partial charge on any atom is -0.504 e. The van der Waals surface area contributed by atoms with Crippen molar-refractivity contribution in [3.05, 3.63) is 90.5 Å². The minimum atomic E-state index is -4.80. The average molecular weight is 580 g/mol. The Morgan fingerprint density at radius 2 is 1.66 bits per heavy atom. The number of rotatable bonds is 7. The van der Waals surface area contributed by atoms with Crippen molar-refractivity contribution < 1.29 is 32.0 Å². The summed E-state index contributed by atoms with van der Waals surface area (Å²) in [5.74, 6) is 0.828. The third-order valence-corrected chi connectivity index (χ3v) is 8.33. The summed E-state index contributed by atoms with van der Waals surface area (Å²) in [7, 11) is -2.18. The molecule has 1 aliphatic heterocycles. The molecule has 0 aromatic heterocycles. The lowest BCUT2D eigenvalue weighted by atomic mass is 9.94. The number of phenolic OH excluding ortho intramolecular Hbond substituents is 1. The van der Waals surface area contributed by atoms with Crippen molar-refractivity contribution >= 4 is 40.1 Å². The first-order valence-electron chi connectivity index (χ1n) is 12.7. The zero-order valence-electron chi connectivity index (χ0n) is 21.5. The summed E-state index contributed by atoms with van der Waals surface area (Å²) >= 11 is 0. The van der Waals surface area contributed by atoms with Gasteiger partial charge in [-0.15, -0.1) is 13.2 Å². The molecule has 1 atom stereocenters. The summed E-state index contributed by atoms with van der Waals surface area (Å²) in [6, 6.07) is 23.5. The lowest BCUT2D eigenvalue weighted by Gasteiger charge is -2.34. The van der Waals surface area contributed by atoms with Crippen molar-refractivity contribution in [2.24, 2.45) is 9.36 Å². The van der Waals surface area contributed by atoms with E-state index in [0.29, 0.717) is 33.5 Å². The van der Waals surface area contributed by atoms with Crippen molar-refractivity contribution in [3.63, 3.8) is 0 Å². The van der Waals surface area contributed by atoms with Gasteiger partial charge in [-0.1, -0.05) is 24.3 Å². The second kappa shape index (κ2) is 10.2. The fourth-order valence-electron chi connectivity index (χ4n) is 4.92. The van der Waals surface area contributed by atoms with Crippen LogP contribution in [0.15, 0.2) is 99.2 Å². The minimum absolute atomic E-state index is 0.0182. The Balaban J connectivity index is 1.32. The van der Waals surface area contributed by atoms with Gasteiger partial charge in [-0.3, -0.25) is 9.89 Å². The van der Waals surface area contributed by atoms with Crippen LogP contribution in [0.4, 0.5) is 35.9 Å². The van der Waals surface area contributed by atoms with Crippen molar-refractivity contribution in [1.82, 2.24) is 0 Å². The Labute approximate surface area is 235 Å². The van der Waals surface area contributed by atoms with Gasteiger partial charge in [0.05, 0.1) is 34.2 Å². The molecule has 1 aliphatic carbocycles. The Bertz CT molecular complexity index is 1730. The molecule has 11 heteroatoms.